The molecule has 0 fully saturated rings. The fraction of sp³-hybridized carbons (Fsp3) is 0.640. The second-order valence-electron chi connectivity index (χ2n) is 8.51. The summed E-state index contributed by atoms with van der Waals surface area (Å²) in [5.41, 5.74) is 3.48. The molecule has 0 atom stereocenters. The first-order valence-corrected chi connectivity index (χ1v) is 11.4. The van der Waals surface area contributed by atoms with Crippen LogP contribution in [0.2, 0.25) is 0 Å². The molecule has 0 radical (unpaired) electrons. The Bertz CT molecular complexity index is 785. The van der Waals surface area contributed by atoms with Crippen molar-refractivity contribution in [2.75, 3.05) is 13.1 Å². The highest BCUT2D eigenvalue weighted by Gasteiger charge is 2.14. The molecule has 1 rings (SSSR count). The third kappa shape index (κ3) is 12.7. The summed E-state index contributed by atoms with van der Waals surface area (Å²) in [6.45, 7) is 15.4. The molecule has 31 heavy (non-hydrogen) atoms. The zero-order chi connectivity index (χ0) is 23.9. The van der Waals surface area contributed by atoms with E-state index in [2.05, 4.69) is 70.7 Å². The van der Waals surface area contributed by atoms with Gasteiger partial charge in [0.2, 0.25) is 6.54 Å². The van der Waals surface area contributed by atoms with Crippen molar-refractivity contribution >= 4 is 5.57 Å². The number of allylic oxidation sites excluding steroid dienone is 2. The second kappa shape index (κ2) is 15.3. The Morgan fingerprint density at radius 2 is 1.87 bits per heavy atom. The summed E-state index contributed by atoms with van der Waals surface area (Å²) in [6, 6.07) is 0. The lowest BCUT2D eigenvalue weighted by molar-refractivity contribution is -0.468. The number of nitro groups is 1. The largest absolute Gasteiger partial charge is 0.385 e. The predicted octanol–water partition coefficient (Wildman–Crippen LogP) is 5.97. The van der Waals surface area contributed by atoms with Crippen molar-refractivity contribution in [3.8, 4) is 11.8 Å². The van der Waals surface area contributed by atoms with Crippen molar-refractivity contribution in [3.63, 3.8) is 0 Å². The Labute approximate surface area is 189 Å². The van der Waals surface area contributed by atoms with Gasteiger partial charge in [-0.1, -0.05) is 58.8 Å². The highest BCUT2D eigenvalue weighted by atomic mass is 16.6. The fourth-order valence-corrected chi connectivity index (χ4v) is 2.68. The van der Waals surface area contributed by atoms with E-state index in [4.69, 9.17) is 0 Å². The van der Waals surface area contributed by atoms with Crippen LogP contribution >= 0.6 is 0 Å². The molecule has 6 nitrogen and oxygen atoms in total. The van der Waals surface area contributed by atoms with Crippen LogP contribution in [0.5, 0.6) is 0 Å². The van der Waals surface area contributed by atoms with Gasteiger partial charge in [0.15, 0.2) is 0 Å². The number of hydrogen-bond acceptors (Lipinski definition) is 4. The third-order valence-corrected chi connectivity index (χ3v) is 4.18. The molecule has 0 aliphatic rings. The van der Waals surface area contributed by atoms with Gasteiger partial charge >= 0.3 is 0 Å². The molecule has 0 aromatic carbocycles. The quantitative estimate of drug-likeness (QED) is 0.215. The van der Waals surface area contributed by atoms with E-state index < -0.39 is 0 Å². The van der Waals surface area contributed by atoms with Crippen LogP contribution in [0.25, 0.3) is 5.57 Å². The monoisotopic (exact) mass is 430 g/mol. The summed E-state index contributed by atoms with van der Waals surface area (Å²) in [6.07, 6.45) is 11.1. The molecule has 0 unspecified atom stereocenters. The molecule has 0 amide bonds. The van der Waals surface area contributed by atoms with Gasteiger partial charge in [-0.2, -0.15) is 5.10 Å². The van der Waals surface area contributed by atoms with Crippen LogP contribution in [-0.4, -0.2) is 27.8 Å². The molecule has 6 heteroatoms. The Hall–Kier alpha value is -2.55. The number of nitrogens with one attached hydrogen (secondary N) is 1. The summed E-state index contributed by atoms with van der Waals surface area (Å²) in [5, 5.41) is 18.6. The number of unbranched alkanes of at least 4 members (excludes halogenated alkanes) is 2. The molecule has 0 bridgehead atoms. The maximum absolute atomic E-state index is 10.6. The molecule has 0 aliphatic carbocycles. The maximum Gasteiger partial charge on any atom is 0.222 e. The molecule has 0 aliphatic heterocycles. The molecule has 0 saturated carbocycles. The zero-order valence-corrected chi connectivity index (χ0v) is 20.8. The topological polar surface area (TPSA) is 73.0 Å². The lowest BCUT2D eigenvalue weighted by atomic mass is 9.96. The lowest BCUT2D eigenvalue weighted by Gasteiger charge is -2.12. The molecule has 1 aromatic rings. The summed E-state index contributed by atoms with van der Waals surface area (Å²) in [7, 11) is 1.88. The Morgan fingerprint density at radius 1 is 1.23 bits per heavy atom. The molecule has 0 saturated heterocycles. The highest BCUT2D eigenvalue weighted by molar-refractivity contribution is 5.72. The van der Waals surface area contributed by atoms with Gasteiger partial charge in [-0.05, 0) is 45.8 Å². The maximum atomic E-state index is 10.6. The summed E-state index contributed by atoms with van der Waals surface area (Å²) in [4.78, 5) is 10.3. The second-order valence-corrected chi connectivity index (χ2v) is 8.51. The van der Waals surface area contributed by atoms with E-state index in [0.717, 1.165) is 41.9 Å². The van der Waals surface area contributed by atoms with E-state index in [0.29, 0.717) is 0 Å². The van der Waals surface area contributed by atoms with Crippen LogP contribution < -0.4 is 5.32 Å². The summed E-state index contributed by atoms with van der Waals surface area (Å²) < 4.78 is 1.76. The van der Waals surface area contributed by atoms with Crippen LogP contribution in [0.4, 0.5) is 0 Å². The van der Waals surface area contributed by atoms with Gasteiger partial charge in [-0.3, -0.25) is 14.8 Å². The number of rotatable bonds is 10. The van der Waals surface area contributed by atoms with Crippen LogP contribution in [-0.2, 0) is 7.05 Å². The minimum atomic E-state index is -0.347. The summed E-state index contributed by atoms with van der Waals surface area (Å²) >= 11 is 0. The minimum absolute atomic E-state index is 0.0991. The van der Waals surface area contributed by atoms with Crippen LogP contribution in [0.15, 0.2) is 24.0 Å². The van der Waals surface area contributed by atoms with Crippen molar-refractivity contribution in [1.82, 2.24) is 15.1 Å². The van der Waals surface area contributed by atoms with Gasteiger partial charge in [-0.15, -0.1) is 0 Å². The first kappa shape index (κ1) is 28.5. The molecule has 174 valence electrons. The molecule has 1 heterocycles. The number of aromatic nitrogens is 2. The average molecular weight is 431 g/mol. The predicted molar refractivity (Wildman–Crippen MR) is 131 cm³/mol. The van der Waals surface area contributed by atoms with Gasteiger partial charge in [-0.25, -0.2) is 0 Å². The van der Waals surface area contributed by atoms with E-state index in [1.807, 2.05) is 13.2 Å². The minimum Gasteiger partial charge on any atom is -0.385 e. The van der Waals surface area contributed by atoms with Crippen LogP contribution in [0, 0.1) is 27.4 Å². The number of hydrogen-bond donors (Lipinski definition) is 1. The average Bonchev–Trinajstić information content (AvgIpc) is 3.05. The van der Waals surface area contributed by atoms with Crippen molar-refractivity contribution < 1.29 is 4.92 Å². The normalized spacial score (nSPS) is 11.9. The molecule has 1 aromatic heterocycles. The smallest absolute Gasteiger partial charge is 0.222 e. The first-order valence-electron chi connectivity index (χ1n) is 11.4. The highest BCUT2D eigenvalue weighted by Crippen LogP contribution is 2.24. The van der Waals surface area contributed by atoms with Crippen molar-refractivity contribution in [2.24, 2.45) is 12.5 Å². The van der Waals surface area contributed by atoms with E-state index in [1.54, 1.807) is 16.8 Å². The third-order valence-electron chi connectivity index (χ3n) is 4.18. The van der Waals surface area contributed by atoms with Gasteiger partial charge < -0.3 is 5.32 Å². The SMILES string of the molecule is CCCCC.CCCNC(/C=C\C[N+](=O)[O-])=C(/CC)c1nn(C)cc1C#CC(C)(C)C. The van der Waals surface area contributed by atoms with Crippen LogP contribution in [0.1, 0.15) is 91.8 Å². The molecular formula is C25H42N4O2. The van der Waals surface area contributed by atoms with E-state index >= 15 is 0 Å². The van der Waals surface area contributed by atoms with Crippen molar-refractivity contribution in [1.29, 1.82) is 0 Å². The van der Waals surface area contributed by atoms with Crippen molar-refractivity contribution in [3.05, 3.63) is 45.4 Å². The van der Waals surface area contributed by atoms with Gasteiger partial charge in [0.1, 0.15) is 5.69 Å². The van der Waals surface area contributed by atoms with E-state index in [-0.39, 0.29) is 16.9 Å². The van der Waals surface area contributed by atoms with Gasteiger partial charge in [0.25, 0.3) is 0 Å². The zero-order valence-electron chi connectivity index (χ0n) is 20.8. The lowest BCUT2D eigenvalue weighted by Crippen LogP contribution is -2.15. The Morgan fingerprint density at radius 3 is 2.32 bits per heavy atom. The summed E-state index contributed by atoms with van der Waals surface area (Å²) in [5.74, 6) is 6.50. The Kier molecular flexibility index (Phi) is 14.0. The molecule has 0 spiro atoms. The Balaban J connectivity index is 0.00000161. The standard InChI is InChI=1S/C20H30N4O2.C5H12/c1-7-13-21-18(10-9-14-24(25)26)17(8-2)19-16(15-23(6)22-19)11-12-20(3,4)5;1-3-5-4-2/h9-10,15,21H,7-8,13-14H2,1-6H3;3-5H2,1-2H3/b10-9-,18-17-;. The van der Waals surface area contributed by atoms with Gasteiger partial charge in [0.05, 0.1) is 5.56 Å². The molecular weight excluding hydrogens is 388 g/mol. The number of aryl methyl sites for hydroxylation is 1. The van der Waals surface area contributed by atoms with E-state index in [1.165, 1.54) is 19.3 Å². The van der Waals surface area contributed by atoms with Crippen LogP contribution in [0.3, 0.4) is 0 Å². The molecule has 1 N–H and O–H groups in total. The number of nitrogens with zero attached hydrogens (tertiary/aromatic N) is 3. The van der Waals surface area contributed by atoms with Gasteiger partial charge in [0, 0.05) is 41.4 Å². The fourth-order valence-electron chi connectivity index (χ4n) is 2.68. The van der Waals surface area contributed by atoms with Crippen molar-refractivity contribution in [2.45, 2.75) is 80.6 Å². The first-order chi connectivity index (χ1) is 14.6. The van der Waals surface area contributed by atoms with E-state index in [9.17, 15) is 10.1 Å².